The third-order valence-electron chi connectivity index (χ3n) is 4.97. The van der Waals surface area contributed by atoms with E-state index >= 15 is 0 Å². The highest BCUT2D eigenvalue weighted by atomic mass is 15.2. The van der Waals surface area contributed by atoms with Crippen LogP contribution in [-0.4, -0.2) is 54.1 Å². The Morgan fingerprint density at radius 1 is 1.22 bits per heavy atom. The molecular weight excluding hydrogens is 222 g/mol. The molecule has 2 N–H and O–H groups in total. The molecule has 3 heteroatoms. The van der Waals surface area contributed by atoms with Gasteiger partial charge in [-0.25, -0.2) is 0 Å². The summed E-state index contributed by atoms with van der Waals surface area (Å²) in [7, 11) is 2.23. The minimum Gasteiger partial charge on any atom is -0.328 e. The van der Waals surface area contributed by atoms with Gasteiger partial charge in [-0.1, -0.05) is 6.42 Å². The maximum absolute atomic E-state index is 6.17. The molecule has 2 bridgehead atoms. The Morgan fingerprint density at radius 2 is 1.83 bits per heavy atom. The van der Waals surface area contributed by atoms with E-state index in [1.807, 2.05) is 0 Å². The zero-order valence-electron chi connectivity index (χ0n) is 12.4. The molecule has 18 heavy (non-hydrogen) atoms. The summed E-state index contributed by atoms with van der Waals surface area (Å²) < 4.78 is 0. The van der Waals surface area contributed by atoms with E-state index in [9.17, 15) is 0 Å². The molecule has 0 spiro atoms. The highest BCUT2D eigenvalue weighted by Gasteiger charge is 2.36. The number of rotatable bonds is 5. The van der Waals surface area contributed by atoms with Crippen LogP contribution < -0.4 is 5.73 Å². The first-order valence-corrected chi connectivity index (χ1v) is 7.79. The lowest BCUT2D eigenvalue weighted by molar-refractivity contribution is 0.0284. The van der Waals surface area contributed by atoms with Gasteiger partial charge in [-0.2, -0.15) is 0 Å². The largest absolute Gasteiger partial charge is 0.328 e. The molecule has 2 atom stereocenters. The van der Waals surface area contributed by atoms with Gasteiger partial charge in [-0.15, -0.1) is 0 Å². The lowest BCUT2D eigenvalue weighted by Crippen LogP contribution is -2.55. The van der Waals surface area contributed by atoms with Crippen molar-refractivity contribution in [2.24, 2.45) is 5.73 Å². The highest BCUT2D eigenvalue weighted by molar-refractivity contribution is 4.93. The molecule has 0 aromatic heterocycles. The average molecular weight is 253 g/mol. The maximum atomic E-state index is 6.17. The molecule has 0 saturated carbocycles. The van der Waals surface area contributed by atoms with Gasteiger partial charge in [-0.05, 0) is 66.1 Å². The van der Waals surface area contributed by atoms with E-state index in [2.05, 4.69) is 30.7 Å². The summed E-state index contributed by atoms with van der Waals surface area (Å²) in [6.07, 6.45) is 7.95. The Kier molecular flexibility index (Phi) is 5.05. The van der Waals surface area contributed by atoms with E-state index in [0.717, 1.165) is 12.1 Å². The topological polar surface area (TPSA) is 32.5 Å². The fourth-order valence-corrected chi connectivity index (χ4v) is 3.65. The molecule has 2 aliphatic heterocycles. The van der Waals surface area contributed by atoms with Crippen molar-refractivity contribution in [3.63, 3.8) is 0 Å². The third kappa shape index (κ3) is 3.46. The van der Waals surface area contributed by atoms with Crippen LogP contribution in [-0.2, 0) is 0 Å². The Hall–Kier alpha value is -0.120. The van der Waals surface area contributed by atoms with E-state index in [0.29, 0.717) is 12.1 Å². The van der Waals surface area contributed by atoms with Crippen molar-refractivity contribution in [2.45, 2.75) is 76.5 Å². The van der Waals surface area contributed by atoms with E-state index in [-0.39, 0.29) is 0 Å². The van der Waals surface area contributed by atoms with Crippen molar-refractivity contribution in [1.29, 1.82) is 0 Å². The molecule has 2 heterocycles. The summed E-state index contributed by atoms with van der Waals surface area (Å²) in [5.74, 6) is 0. The molecule has 2 unspecified atom stereocenters. The summed E-state index contributed by atoms with van der Waals surface area (Å²) in [6, 6.07) is 2.71. The Balaban J connectivity index is 1.78. The zero-order chi connectivity index (χ0) is 13.1. The van der Waals surface area contributed by atoms with E-state index < -0.39 is 0 Å². The van der Waals surface area contributed by atoms with Gasteiger partial charge in [0.2, 0.25) is 0 Å². The fourth-order valence-electron chi connectivity index (χ4n) is 3.65. The first-order chi connectivity index (χ1) is 8.58. The SMILES string of the molecule is CC(C)N(C)CCCN1C2CCCC1CC(N)C2. The van der Waals surface area contributed by atoms with Gasteiger partial charge in [0.15, 0.2) is 0 Å². The monoisotopic (exact) mass is 253 g/mol. The summed E-state index contributed by atoms with van der Waals surface area (Å²) in [4.78, 5) is 5.23. The molecule has 3 nitrogen and oxygen atoms in total. The minimum absolute atomic E-state index is 0.467. The second-order valence-electron chi connectivity index (χ2n) is 6.64. The fraction of sp³-hybridized carbons (Fsp3) is 1.00. The molecule has 2 rings (SSSR count). The minimum atomic E-state index is 0.467. The lowest BCUT2D eigenvalue weighted by atomic mass is 9.82. The average Bonchev–Trinajstić information content (AvgIpc) is 2.29. The molecule has 2 saturated heterocycles. The molecule has 0 aromatic carbocycles. The van der Waals surface area contributed by atoms with Crippen LogP contribution >= 0.6 is 0 Å². The van der Waals surface area contributed by atoms with Gasteiger partial charge in [0, 0.05) is 24.2 Å². The Bertz CT molecular complexity index is 240. The standard InChI is InChI=1S/C15H31N3/c1-12(2)17(3)8-5-9-18-14-6-4-7-15(18)11-13(16)10-14/h12-15H,4-11,16H2,1-3H3. The van der Waals surface area contributed by atoms with Gasteiger partial charge in [-0.3, -0.25) is 4.90 Å². The maximum Gasteiger partial charge on any atom is 0.0113 e. The Morgan fingerprint density at radius 3 is 2.39 bits per heavy atom. The van der Waals surface area contributed by atoms with Crippen LogP contribution in [0.15, 0.2) is 0 Å². The molecular formula is C15H31N3. The second-order valence-corrected chi connectivity index (χ2v) is 6.64. The van der Waals surface area contributed by atoms with E-state index in [1.54, 1.807) is 0 Å². The molecule has 0 aliphatic carbocycles. The first kappa shape index (κ1) is 14.3. The normalized spacial score (nSPS) is 33.3. The summed E-state index contributed by atoms with van der Waals surface area (Å²) in [5, 5.41) is 0. The van der Waals surface area contributed by atoms with Crippen LogP contribution in [0.1, 0.15) is 52.4 Å². The van der Waals surface area contributed by atoms with Crippen LogP contribution in [0.3, 0.4) is 0 Å². The first-order valence-electron chi connectivity index (χ1n) is 7.79. The molecule has 0 amide bonds. The van der Waals surface area contributed by atoms with Crippen molar-refractivity contribution < 1.29 is 0 Å². The number of hydrogen-bond donors (Lipinski definition) is 1. The van der Waals surface area contributed by atoms with Crippen LogP contribution in [0.4, 0.5) is 0 Å². The predicted octanol–water partition coefficient (Wildman–Crippen LogP) is 2.06. The van der Waals surface area contributed by atoms with Crippen LogP contribution in [0.2, 0.25) is 0 Å². The number of nitrogens with zero attached hydrogens (tertiary/aromatic N) is 2. The number of fused-ring (bicyclic) bond motifs is 2. The summed E-state index contributed by atoms with van der Waals surface area (Å²) in [5.41, 5.74) is 6.17. The molecule has 0 radical (unpaired) electrons. The number of nitrogens with two attached hydrogens (primary N) is 1. The lowest BCUT2D eigenvalue weighted by Gasteiger charge is -2.48. The van der Waals surface area contributed by atoms with Crippen LogP contribution in [0, 0.1) is 0 Å². The van der Waals surface area contributed by atoms with Gasteiger partial charge in [0.1, 0.15) is 0 Å². The second kappa shape index (κ2) is 6.36. The van der Waals surface area contributed by atoms with Crippen molar-refractivity contribution in [2.75, 3.05) is 20.1 Å². The van der Waals surface area contributed by atoms with Crippen molar-refractivity contribution in [3.8, 4) is 0 Å². The molecule has 106 valence electrons. The predicted molar refractivity (Wildman–Crippen MR) is 77.7 cm³/mol. The molecule has 2 fully saturated rings. The quantitative estimate of drug-likeness (QED) is 0.814. The zero-order valence-corrected chi connectivity index (χ0v) is 12.4. The summed E-state index contributed by atoms with van der Waals surface area (Å²) >= 11 is 0. The van der Waals surface area contributed by atoms with Crippen LogP contribution in [0.5, 0.6) is 0 Å². The molecule has 0 aromatic rings. The van der Waals surface area contributed by atoms with Crippen molar-refractivity contribution in [3.05, 3.63) is 0 Å². The van der Waals surface area contributed by atoms with E-state index in [4.69, 9.17) is 5.73 Å². The molecule has 2 aliphatic rings. The smallest absolute Gasteiger partial charge is 0.0113 e. The van der Waals surface area contributed by atoms with Crippen molar-refractivity contribution in [1.82, 2.24) is 9.80 Å². The van der Waals surface area contributed by atoms with Gasteiger partial charge < -0.3 is 10.6 Å². The van der Waals surface area contributed by atoms with E-state index in [1.165, 1.54) is 51.6 Å². The number of piperidine rings is 2. The Labute approximate surface area is 113 Å². The number of hydrogen-bond acceptors (Lipinski definition) is 3. The van der Waals surface area contributed by atoms with Gasteiger partial charge in [0.25, 0.3) is 0 Å². The van der Waals surface area contributed by atoms with Crippen molar-refractivity contribution >= 4 is 0 Å². The van der Waals surface area contributed by atoms with Gasteiger partial charge in [0.05, 0.1) is 0 Å². The summed E-state index contributed by atoms with van der Waals surface area (Å²) in [6.45, 7) is 7.04. The highest BCUT2D eigenvalue weighted by Crippen LogP contribution is 2.33. The van der Waals surface area contributed by atoms with Crippen LogP contribution in [0.25, 0.3) is 0 Å². The van der Waals surface area contributed by atoms with Gasteiger partial charge >= 0.3 is 0 Å². The third-order valence-corrected chi connectivity index (χ3v) is 4.97.